The second-order valence-electron chi connectivity index (χ2n) is 8.00. The van der Waals surface area contributed by atoms with E-state index in [-0.39, 0.29) is 18.4 Å². The summed E-state index contributed by atoms with van der Waals surface area (Å²) in [7, 11) is -3.53. The number of aryl methyl sites for hydroxylation is 1. The van der Waals surface area contributed by atoms with Crippen LogP contribution in [0.2, 0.25) is 5.15 Å². The third-order valence-electron chi connectivity index (χ3n) is 5.54. The minimum atomic E-state index is -3.53. The molecule has 166 valence electrons. The van der Waals surface area contributed by atoms with E-state index in [1.165, 1.54) is 0 Å². The minimum absolute atomic E-state index is 0.169. The molecule has 1 amide bonds. The van der Waals surface area contributed by atoms with Crippen LogP contribution in [0.5, 0.6) is 0 Å². The molecule has 1 fully saturated rings. The minimum Gasteiger partial charge on any atom is -0.333 e. The molecular weight excluding hydrogens is 461 g/mol. The van der Waals surface area contributed by atoms with Gasteiger partial charge in [-0.05, 0) is 38.3 Å². The number of carbonyl (C=O) groups excluding carboxylic acids is 1. The highest BCUT2D eigenvalue weighted by Gasteiger charge is 2.37. The van der Waals surface area contributed by atoms with Gasteiger partial charge in [-0.1, -0.05) is 23.2 Å². The molecule has 1 N–H and O–H groups in total. The average molecular weight is 484 g/mol. The van der Waals surface area contributed by atoms with Crippen molar-refractivity contribution in [2.24, 2.45) is 5.92 Å². The van der Waals surface area contributed by atoms with E-state index >= 15 is 0 Å². The van der Waals surface area contributed by atoms with Gasteiger partial charge in [-0.2, -0.15) is 5.10 Å². The Morgan fingerprint density at radius 3 is 2.77 bits per heavy atom. The van der Waals surface area contributed by atoms with E-state index in [9.17, 15) is 13.2 Å². The molecule has 2 atom stereocenters. The van der Waals surface area contributed by atoms with Crippen molar-refractivity contribution in [1.29, 1.82) is 0 Å². The van der Waals surface area contributed by atoms with E-state index in [4.69, 9.17) is 23.2 Å². The highest BCUT2D eigenvalue weighted by molar-refractivity contribution is 7.88. The number of piperidine rings is 1. The van der Waals surface area contributed by atoms with Crippen molar-refractivity contribution in [2.75, 3.05) is 12.8 Å². The third kappa shape index (κ3) is 4.73. The van der Waals surface area contributed by atoms with Gasteiger partial charge in [0.25, 0.3) is 0 Å². The van der Waals surface area contributed by atoms with Crippen molar-refractivity contribution in [3.05, 3.63) is 51.6 Å². The number of nitrogens with zero attached hydrogens (tertiary/aromatic N) is 4. The summed E-state index contributed by atoms with van der Waals surface area (Å²) in [6.07, 6.45) is 8.90. The number of amides is 1. The molecular formula is C20H23Cl2N5O3S. The Hall–Kier alpha value is -2.10. The van der Waals surface area contributed by atoms with E-state index < -0.39 is 15.9 Å². The quantitative estimate of drug-likeness (QED) is 0.672. The predicted molar refractivity (Wildman–Crippen MR) is 119 cm³/mol. The van der Waals surface area contributed by atoms with E-state index in [1.807, 2.05) is 19.2 Å². The second-order valence-corrected chi connectivity index (χ2v) is 10.6. The molecule has 0 bridgehead atoms. The Morgan fingerprint density at radius 2 is 2.03 bits per heavy atom. The van der Waals surface area contributed by atoms with E-state index in [0.717, 1.165) is 36.8 Å². The van der Waals surface area contributed by atoms with Crippen molar-refractivity contribution in [2.45, 2.75) is 38.6 Å². The summed E-state index contributed by atoms with van der Waals surface area (Å²) in [6, 6.07) is 1.62. The van der Waals surface area contributed by atoms with Gasteiger partial charge in [0.15, 0.2) is 5.65 Å². The molecule has 0 radical (unpaired) electrons. The van der Waals surface area contributed by atoms with Crippen LogP contribution in [0.1, 0.15) is 43.0 Å². The summed E-state index contributed by atoms with van der Waals surface area (Å²) in [5.74, 6) is -0.864. The lowest BCUT2D eigenvalue weighted by Gasteiger charge is -2.38. The number of fused-ring (bicyclic) bond motifs is 1. The summed E-state index contributed by atoms with van der Waals surface area (Å²) in [5.41, 5.74) is 2.50. The fourth-order valence-corrected chi connectivity index (χ4v) is 5.07. The van der Waals surface area contributed by atoms with Gasteiger partial charge < -0.3 is 4.90 Å². The number of rotatable bonds is 4. The van der Waals surface area contributed by atoms with Gasteiger partial charge in [-0.25, -0.2) is 17.9 Å². The summed E-state index contributed by atoms with van der Waals surface area (Å²) < 4.78 is 27.8. The molecule has 1 aliphatic carbocycles. The van der Waals surface area contributed by atoms with Crippen molar-refractivity contribution >= 4 is 44.8 Å². The summed E-state index contributed by atoms with van der Waals surface area (Å²) >= 11 is 12.3. The van der Waals surface area contributed by atoms with Gasteiger partial charge in [-0.15, -0.1) is 0 Å². The Morgan fingerprint density at radius 1 is 1.26 bits per heavy atom. The van der Waals surface area contributed by atoms with Gasteiger partial charge in [-0.3, -0.25) is 9.52 Å². The van der Waals surface area contributed by atoms with E-state index in [0.29, 0.717) is 28.1 Å². The third-order valence-corrected chi connectivity index (χ3v) is 6.81. The molecule has 0 saturated carbocycles. The molecule has 1 saturated heterocycles. The first kappa shape index (κ1) is 22.1. The standard InChI is InChI=1S/C20H23Cl2N5O3S/c1-12-11-27-18(23-19(12)22)10-16(24-27)17-5-3-4-8-26(17)20(28)14-9-13(21)6-7-15(14)25-31(2,29)30/h6-7,10-11,14,17,25H,3-5,8-9H2,1-2H3/t14?,17-/m0/s1. The van der Waals surface area contributed by atoms with Crippen LogP contribution >= 0.6 is 23.2 Å². The number of nitrogens with one attached hydrogen (secondary N) is 1. The van der Waals surface area contributed by atoms with Crippen LogP contribution in [-0.2, 0) is 14.8 Å². The monoisotopic (exact) mass is 483 g/mol. The van der Waals surface area contributed by atoms with E-state index in [2.05, 4.69) is 14.8 Å². The lowest BCUT2D eigenvalue weighted by molar-refractivity contribution is -0.138. The molecule has 8 nitrogen and oxygen atoms in total. The molecule has 1 aliphatic heterocycles. The van der Waals surface area contributed by atoms with Crippen LogP contribution in [0.3, 0.4) is 0 Å². The number of allylic oxidation sites excluding steroid dienone is 3. The number of carbonyl (C=O) groups is 1. The van der Waals surface area contributed by atoms with E-state index in [1.54, 1.807) is 21.6 Å². The number of aromatic nitrogens is 3. The summed E-state index contributed by atoms with van der Waals surface area (Å²) in [6.45, 7) is 2.42. The Kier molecular flexibility index (Phi) is 6.02. The lowest BCUT2D eigenvalue weighted by atomic mass is 9.92. The van der Waals surface area contributed by atoms with Crippen molar-refractivity contribution < 1.29 is 13.2 Å². The zero-order chi connectivity index (χ0) is 22.3. The Bertz CT molecular complexity index is 1170. The number of hydrogen-bond acceptors (Lipinski definition) is 5. The number of sulfonamides is 1. The molecule has 2 aromatic rings. The van der Waals surface area contributed by atoms with Gasteiger partial charge in [0.05, 0.1) is 23.9 Å². The van der Waals surface area contributed by atoms with Crippen LogP contribution in [0.4, 0.5) is 0 Å². The first-order chi connectivity index (χ1) is 14.6. The normalized spacial score (nSPS) is 22.3. The largest absolute Gasteiger partial charge is 0.333 e. The fraction of sp³-hybridized carbons (Fsp3) is 0.450. The van der Waals surface area contributed by atoms with Crippen LogP contribution in [-0.4, -0.2) is 46.6 Å². The molecule has 11 heteroatoms. The lowest BCUT2D eigenvalue weighted by Crippen LogP contribution is -2.44. The topological polar surface area (TPSA) is 96.7 Å². The van der Waals surface area contributed by atoms with Crippen LogP contribution < -0.4 is 4.72 Å². The van der Waals surface area contributed by atoms with Gasteiger partial charge in [0, 0.05) is 41.5 Å². The molecule has 0 spiro atoms. The van der Waals surface area contributed by atoms with Gasteiger partial charge >= 0.3 is 0 Å². The van der Waals surface area contributed by atoms with Crippen molar-refractivity contribution in [3.63, 3.8) is 0 Å². The zero-order valence-electron chi connectivity index (χ0n) is 17.2. The first-order valence-electron chi connectivity index (χ1n) is 9.99. The second kappa shape index (κ2) is 8.44. The maximum Gasteiger partial charge on any atom is 0.232 e. The maximum atomic E-state index is 13.6. The van der Waals surface area contributed by atoms with Gasteiger partial charge in [0.2, 0.25) is 15.9 Å². The number of likely N-dealkylation sites (tertiary alicyclic amines) is 1. The molecule has 3 heterocycles. The molecule has 31 heavy (non-hydrogen) atoms. The van der Waals surface area contributed by atoms with Crippen molar-refractivity contribution in [3.8, 4) is 0 Å². The maximum absolute atomic E-state index is 13.6. The average Bonchev–Trinajstić information content (AvgIpc) is 3.10. The smallest absolute Gasteiger partial charge is 0.232 e. The molecule has 2 aliphatic rings. The molecule has 2 aromatic heterocycles. The summed E-state index contributed by atoms with van der Waals surface area (Å²) in [4.78, 5) is 19.7. The molecule has 4 rings (SSSR count). The van der Waals surface area contributed by atoms with Crippen LogP contribution in [0.25, 0.3) is 5.65 Å². The SMILES string of the molecule is Cc1cn2nc([C@@H]3CCCCN3C(=O)C3CC(Cl)=CC=C3NS(C)(=O)=O)cc2nc1Cl. The van der Waals surface area contributed by atoms with Gasteiger partial charge in [0.1, 0.15) is 5.15 Å². The fourth-order valence-electron chi connectivity index (χ4n) is 4.08. The zero-order valence-corrected chi connectivity index (χ0v) is 19.5. The van der Waals surface area contributed by atoms with Crippen LogP contribution in [0, 0.1) is 12.8 Å². The highest BCUT2D eigenvalue weighted by atomic mass is 35.5. The summed E-state index contributed by atoms with van der Waals surface area (Å²) in [5, 5.41) is 5.57. The first-order valence-corrected chi connectivity index (χ1v) is 12.6. The molecule has 1 unspecified atom stereocenters. The Labute approximate surface area is 191 Å². The number of hydrogen-bond donors (Lipinski definition) is 1. The molecule has 0 aromatic carbocycles. The highest BCUT2D eigenvalue weighted by Crippen LogP contribution is 2.35. The Balaban J connectivity index is 1.66. The number of halogens is 2. The van der Waals surface area contributed by atoms with Crippen molar-refractivity contribution in [1.82, 2.24) is 24.2 Å². The predicted octanol–water partition coefficient (Wildman–Crippen LogP) is 3.32. The van der Waals surface area contributed by atoms with Crippen LogP contribution in [0.15, 0.2) is 35.1 Å².